The molecule has 1 aromatic carbocycles. The molecule has 0 atom stereocenters. The number of ether oxygens (including phenoxy) is 1. The Bertz CT molecular complexity index is 634. The Hall–Kier alpha value is -1.10. The Morgan fingerprint density at radius 3 is 2.52 bits per heavy atom. The molecular weight excluding hydrogens is 312 g/mol. The summed E-state index contributed by atoms with van der Waals surface area (Å²) in [5.41, 5.74) is 1.79. The largest absolute Gasteiger partial charge is 0.377 e. The summed E-state index contributed by atoms with van der Waals surface area (Å²) in [5, 5.41) is 0.717. The van der Waals surface area contributed by atoms with E-state index in [1.165, 1.54) is 0 Å². The number of nitrogens with zero attached hydrogens (tertiary/aromatic N) is 2. The Kier molecular flexibility index (Phi) is 3.67. The fourth-order valence-electron chi connectivity index (χ4n) is 4.20. The second-order valence-corrected chi connectivity index (χ2v) is 7.68. The molecule has 0 unspecified atom stereocenters. The molecule has 4 nitrogen and oxygen atoms in total. The molecule has 0 saturated carbocycles. The average molecular weight is 335 g/mol. The third-order valence-electron chi connectivity index (χ3n) is 5.73. The van der Waals surface area contributed by atoms with Crippen LogP contribution in [0.4, 0.5) is 5.69 Å². The lowest BCUT2D eigenvalue weighted by Crippen LogP contribution is -2.56. The van der Waals surface area contributed by atoms with Gasteiger partial charge in [-0.25, -0.2) is 0 Å². The zero-order chi connectivity index (χ0) is 16.2. The third kappa shape index (κ3) is 2.23. The lowest BCUT2D eigenvalue weighted by Gasteiger charge is -2.41. The molecule has 1 aromatic rings. The van der Waals surface area contributed by atoms with Crippen LogP contribution >= 0.6 is 11.6 Å². The van der Waals surface area contributed by atoms with Gasteiger partial charge in [-0.1, -0.05) is 11.6 Å². The highest BCUT2D eigenvalue weighted by Gasteiger charge is 2.54. The van der Waals surface area contributed by atoms with Crippen molar-refractivity contribution in [2.75, 3.05) is 31.2 Å². The summed E-state index contributed by atoms with van der Waals surface area (Å²) in [5.74, 6) is 0.256. The van der Waals surface area contributed by atoms with Gasteiger partial charge in [0.25, 0.3) is 0 Å². The van der Waals surface area contributed by atoms with E-state index in [9.17, 15) is 4.79 Å². The van der Waals surface area contributed by atoms with E-state index in [-0.39, 0.29) is 17.4 Å². The van der Waals surface area contributed by atoms with Crippen LogP contribution in [-0.4, -0.2) is 49.2 Å². The summed E-state index contributed by atoms with van der Waals surface area (Å²) in [4.78, 5) is 17.8. The second-order valence-electron chi connectivity index (χ2n) is 7.24. The first-order valence-corrected chi connectivity index (χ1v) is 8.86. The van der Waals surface area contributed by atoms with Crippen molar-refractivity contribution < 1.29 is 9.53 Å². The van der Waals surface area contributed by atoms with Gasteiger partial charge in [-0.05, 0) is 63.5 Å². The third-order valence-corrected chi connectivity index (χ3v) is 5.96. The molecule has 0 aromatic heterocycles. The number of carbonyl (C=O) groups is 1. The number of piperidine rings is 1. The first-order valence-electron chi connectivity index (χ1n) is 8.48. The quantitative estimate of drug-likeness (QED) is 0.833. The molecule has 1 spiro atoms. The van der Waals surface area contributed by atoms with E-state index in [2.05, 4.69) is 18.7 Å². The Morgan fingerprint density at radius 1 is 1.26 bits per heavy atom. The normalized spacial score (nSPS) is 24.3. The summed E-state index contributed by atoms with van der Waals surface area (Å²) in [6.07, 6.45) is 1.75. The second kappa shape index (κ2) is 5.47. The molecule has 2 fully saturated rings. The van der Waals surface area contributed by atoms with Crippen molar-refractivity contribution in [3.63, 3.8) is 0 Å². The number of rotatable bonds is 2. The zero-order valence-electron chi connectivity index (χ0n) is 13.7. The fraction of sp³-hybridized carbons (Fsp3) is 0.611. The molecule has 3 heterocycles. The lowest BCUT2D eigenvalue weighted by atomic mass is 9.73. The van der Waals surface area contributed by atoms with Crippen molar-refractivity contribution in [2.45, 2.75) is 44.2 Å². The first kappa shape index (κ1) is 15.4. The van der Waals surface area contributed by atoms with Gasteiger partial charge in [0.1, 0.15) is 0 Å². The first-order chi connectivity index (χ1) is 11.0. The molecule has 0 bridgehead atoms. The van der Waals surface area contributed by atoms with E-state index >= 15 is 0 Å². The van der Waals surface area contributed by atoms with E-state index in [1.54, 1.807) is 0 Å². The molecule has 2 saturated heterocycles. The summed E-state index contributed by atoms with van der Waals surface area (Å²) in [6, 6.07) is 6.63. The SMILES string of the molecule is CC(C)N1CCC2(CC1)C(=O)N(C1COC1)c1ccc(Cl)cc12. The molecule has 1 amide bonds. The molecule has 0 aliphatic carbocycles. The summed E-state index contributed by atoms with van der Waals surface area (Å²) < 4.78 is 5.33. The smallest absolute Gasteiger partial charge is 0.238 e. The van der Waals surface area contributed by atoms with E-state index < -0.39 is 0 Å². The predicted molar refractivity (Wildman–Crippen MR) is 91.2 cm³/mol. The van der Waals surface area contributed by atoms with E-state index in [0.717, 1.165) is 37.2 Å². The van der Waals surface area contributed by atoms with Gasteiger partial charge in [0, 0.05) is 16.8 Å². The van der Waals surface area contributed by atoms with Crippen molar-refractivity contribution in [1.82, 2.24) is 4.90 Å². The van der Waals surface area contributed by atoms with Crippen molar-refractivity contribution in [3.8, 4) is 0 Å². The molecule has 5 heteroatoms. The van der Waals surface area contributed by atoms with Crippen molar-refractivity contribution in [1.29, 1.82) is 0 Å². The molecule has 3 aliphatic heterocycles. The zero-order valence-corrected chi connectivity index (χ0v) is 14.5. The number of hydrogen-bond acceptors (Lipinski definition) is 3. The van der Waals surface area contributed by atoms with Crippen LogP contribution < -0.4 is 4.90 Å². The molecular formula is C18H23ClN2O2. The number of hydrogen-bond donors (Lipinski definition) is 0. The highest BCUT2D eigenvalue weighted by Crippen LogP contribution is 2.50. The highest BCUT2D eigenvalue weighted by molar-refractivity contribution is 6.31. The standard InChI is InChI=1S/C18H23ClN2O2/c1-12(2)20-7-5-18(6-8-20)15-9-13(19)3-4-16(15)21(17(18)22)14-10-23-11-14/h3-4,9,12,14H,5-8,10-11H2,1-2H3. The van der Waals surface area contributed by atoms with Crippen molar-refractivity contribution >= 4 is 23.2 Å². The number of amides is 1. The van der Waals surface area contributed by atoms with E-state index in [1.807, 2.05) is 23.1 Å². The van der Waals surface area contributed by atoms with Crippen LogP contribution in [0.3, 0.4) is 0 Å². The van der Waals surface area contributed by atoms with Crippen LogP contribution in [0.5, 0.6) is 0 Å². The van der Waals surface area contributed by atoms with Crippen LogP contribution in [0.1, 0.15) is 32.3 Å². The summed E-state index contributed by atoms with van der Waals surface area (Å²) in [7, 11) is 0. The number of likely N-dealkylation sites (tertiary alicyclic amines) is 1. The van der Waals surface area contributed by atoms with Gasteiger partial charge in [-0.15, -0.1) is 0 Å². The van der Waals surface area contributed by atoms with Gasteiger partial charge in [-0.2, -0.15) is 0 Å². The van der Waals surface area contributed by atoms with Crippen LogP contribution in [0.2, 0.25) is 5.02 Å². The van der Waals surface area contributed by atoms with Crippen molar-refractivity contribution in [3.05, 3.63) is 28.8 Å². The monoisotopic (exact) mass is 334 g/mol. The molecule has 3 aliphatic rings. The van der Waals surface area contributed by atoms with Gasteiger partial charge in [-0.3, -0.25) is 4.79 Å². The molecule has 0 radical (unpaired) electrons. The Balaban J connectivity index is 1.73. The fourth-order valence-corrected chi connectivity index (χ4v) is 4.37. The molecule has 124 valence electrons. The van der Waals surface area contributed by atoms with Gasteiger partial charge >= 0.3 is 0 Å². The topological polar surface area (TPSA) is 32.8 Å². The van der Waals surface area contributed by atoms with Crippen LogP contribution in [0.15, 0.2) is 18.2 Å². The average Bonchev–Trinajstić information content (AvgIpc) is 2.69. The predicted octanol–water partition coefficient (Wildman–Crippen LogP) is 2.83. The highest BCUT2D eigenvalue weighted by atomic mass is 35.5. The maximum atomic E-state index is 13.4. The number of benzene rings is 1. The number of fused-ring (bicyclic) bond motifs is 2. The van der Waals surface area contributed by atoms with Gasteiger partial charge in [0.15, 0.2) is 0 Å². The molecule has 0 N–H and O–H groups in total. The number of carbonyl (C=O) groups excluding carboxylic acids is 1. The lowest BCUT2D eigenvalue weighted by molar-refractivity contribution is -0.127. The van der Waals surface area contributed by atoms with E-state index in [4.69, 9.17) is 16.3 Å². The molecule has 23 heavy (non-hydrogen) atoms. The van der Waals surface area contributed by atoms with E-state index in [0.29, 0.717) is 24.3 Å². The maximum Gasteiger partial charge on any atom is 0.238 e. The molecule has 4 rings (SSSR count). The van der Waals surface area contributed by atoms with Gasteiger partial charge in [0.05, 0.1) is 24.7 Å². The van der Waals surface area contributed by atoms with Gasteiger partial charge in [0.2, 0.25) is 5.91 Å². The Labute approximate surface area is 142 Å². The number of anilines is 1. The maximum absolute atomic E-state index is 13.4. The van der Waals surface area contributed by atoms with Crippen LogP contribution in [-0.2, 0) is 14.9 Å². The minimum absolute atomic E-state index is 0.185. The summed E-state index contributed by atoms with van der Waals surface area (Å²) >= 11 is 6.26. The van der Waals surface area contributed by atoms with Crippen LogP contribution in [0.25, 0.3) is 0 Å². The Morgan fingerprint density at radius 2 is 1.96 bits per heavy atom. The minimum Gasteiger partial charge on any atom is -0.377 e. The van der Waals surface area contributed by atoms with Gasteiger partial charge < -0.3 is 14.5 Å². The van der Waals surface area contributed by atoms with Crippen LogP contribution in [0, 0.1) is 0 Å². The minimum atomic E-state index is -0.388. The summed E-state index contributed by atoms with van der Waals surface area (Å²) in [6.45, 7) is 7.65. The number of halogens is 1. The van der Waals surface area contributed by atoms with Crippen molar-refractivity contribution in [2.24, 2.45) is 0 Å².